The summed E-state index contributed by atoms with van der Waals surface area (Å²) in [5.41, 5.74) is 3.85. The Labute approximate surface area is 192 Å². The summed E-state index contributed by atoms with van der Waals surface area (Å²) in [5.74, 6) is 1.02. The Kier molecular flexibility index (Phi) is 6.23. The van der Waals surface area contributed by atoms with Crippen molar-refractivity contribution in [1.82, 2.24) is 29.9 Å². The maximum Gasteiger partial charge on any atom is 0.222 e. The molecule has 0 aliphatic carbocycles. The number of aromatic nitrogens is 5. The number of aryl methyl sites for hydroxylation is 1. The number of hydrogen-bond acceptors (Lipinski definition) is 6. The van der Waals surface area contributed by atoms with Gasteiger partial charge in [-0.15, -0.1) is 5.10 Å². The van der Waals surface area contributed by atoms with Gasteiger partial charge in [-0.2, -0.15) is 0 Å². The van der Waals surface area contributed by atoms with Crippen molar-refractivity contribution >= 4 is 22.9 Å². The molecule has 33 heavy (non-hydrogen) atoms. The molecule has 1 aliphatic heterocycles. The molecule has 8 nitrogen and oxygen atoms in total. The van der Waals surface area contributed by atoms with Gasteiger partial charge in [0, 0.05) is 32.6 Å². The molecule has 2 aromatic carbocycles. The molecule has 0 N–H and O–H groups in total. The summed E-state index contributed by atoms with van der Waals surface area (Å²) >= 11 is 0. The summed E-state index contributed by atoms with van der Waals surface area (Å²) in [6.07, 6.45) is 3.97. The normalized spacial score (nSPS) is 14.1. The first kappa shape index (κ1) is 21.1. The average molecular weight is 442 g/mol. The molecule has 1 fully saturated rings. The van der Waals surface area contributed by atoms with E-state index in [0.29, 0.717) is 31.6 Å². The first-order valence-electron chi connectivity index (χ1n) is 11.4. The van der Waals surface area contributed by atoms with Crippen LogP contribution < -0.4 is 4.90 Å². The van der Waals surface area contributed by atoms with Crippen molar-refractivity contribution in [3.8, 4) is 0 Å². The van der Waals surface area contributed by atoms with Crippen LogP contribution in [0.2, 0.25) is 0 Å². The molecule has 1 aliphatic rings. The molecule has 0 bridgehead atoms. The quantitative estimate of drug-likeness (QED) is 0.439. The molecular formula is C25H27N7O. The van der Waals surface area contributed by atoms with Crippen molar-refractivity contribution < 1.29 is 4.79 Å². The van der Waals surface area contributed by atoms with Crippen LogP contribution in [-0.4, -0.2) is 61.9 Å². The molecular weight excluding hydrogens is 414 g/mol. The summed E-state index contributed by atoms with van der Waals surface area (Å²) < 4.78 is 1.81. The van der Waals surface area contributed by atoms with Crippen LogP contribution in [0.5, 0.6) is 0 Å². The van der Waals surface area contributed by atoms with E-state index in [1.54, 1.807) is 6.33 Å². The van der Waals surface area contributed by atoms with Gasteiger partial charge in [0.05, 0.1) is 6.54 Å². The molecule has 168 valence electrons. The maximum absolute atomic E-state index is 12.7. The van der Waals surface area contributed by atoms with Gasteiger partial charge in [-0.3, -0.25) is 4.79 Å². The fourth-order valence-electron chi connectivity index (χ4n) is 4.29. The lowest BCUT2D eigenvalue weighted by Crippen LogP contribution is -2.49. The van der Waals surface area contributed by atoms with Crippen molar-refractivity contribution in [1.29, 1.82) is 0 Å². The van der Waals surface area contributed by atoms with E-state index >= 15 is 0 Å². The molecule has 0 atom stereocenters. The van der Waals surface area contributed by atoms with Gasteiger partial charge < -0.3 is 9.80 Å². The number of piperazine rings is 1. The Morgan fingerprint density at radius 1 is 0.848 bits per heavy atom. The van der Waals surface area contributed by atoms with E-state index in [2.05, 4.69) is 49.4 Å². The highest BCUT2D eigenvalue weighted by Gasteiger charge is 2.24. The topological polar surface area (TPSA) is 80.0 Å². The molecule has 8 heteroatoms. The number of anilines is 1. The molecule has 0 unspecified atom stereocenters. The lowest BCUT2D eigenvalue weighted by molar-refractivity contribution is -0.131. The third-order valence-corrected chi connectivity index (χ3v) is 6.09. The minimum Gasteiger partial charge on any atom is -0.351 e. The largest absolute Gasteiger partial charge is 0.351 e. The molecule has 0 radical (unpaired) electrons. The van der Waals surface area contributed by atoms with Gasteiger partial charge in [0.25, 0.3) is 0 Å². The first-order valence-corrected chi connectivity index (χ1v) is 11.4. The molecule has 1 amide bonds. The number of nitrogens with zero attached hydrogens (tertiary/aromatic N) is 7. The van der Waals surface area contributed by atoms with E-state index in [0.717, 1.165) is 43.0 Å². The fourth-order valence-corrected chi connectivity index (χ4v) is 4.29. The number of carbonyl (C=O) groups excluding carboxylic acids is 1. The van der Waals surface area contributed by atoms with Crippen LogP contribution in [0.4, 0.5) is 5.82 Å². The van der Waals surface area contributed by atoms with E-state index in [9.17, 15) is 4.79 Å². The highest BCUT2D eigenvalue weighted by molar-refractivity contribution is 5.83. The van der Waals surface area contributed by atoms with Crippen molar-refractivity contribution in [3.05, 3.63) is 78.1 Å². The first-order chi connectivity index (χ1) is 16.3. The van der Waals surface area contributed by atoms with Gasteiger partial charge in [0.2, 0.25) is 5.91 Å². The number of benzene rings is 2. The summed E-state index contributed by atoms with van der Waals surface area (Å²) in [7, 11) is 0. The minimum absolute atomic E-state index is 0.229. The summed E-state index contributed by atoms with van der Waals surface area (Å²) in [6.45, 7) is 3.44. The van der Waals surface area contributed by atoms with Gasteiger partial charge in [0.15, 0.2) is 17.0 Å². The Balaban J connectivity index is 1.19. The molecule has 5 rings (SSSR count). The highest BCUT2D eigenvalue weighted by Crippen LogP contribution is 2.22. The van der Waals surface area contributed by atoms with E-state index in [4.69, 9.17) is 0 Å². The number of amides is 1. The maximum atomic E-state index is 12.7. The summed E-state index contributed by atoms with van der Waals surface area (Å²) in [4.78, 5) is 25.8. The number of fused-ring (bicyclic) bond motifs is 1. The van der Waals surface area contributed by atoms with Crippen LogP contribution in [-0.2, 0) is 17.8 Å². The number of carbonyl (C=O) groups is 1. The van der Waals surface area contributed by atoms with E-state index in [1.165, 1.54) is 5.56 Å². The Morgan fingerprint density at radius 3 is 2.27 bits per heavy atom. The van der Waals surface area contributed by atoms with Crippen LogP contribution in [0.25, 0.3) is 11.2 Å². The molecule has 0 spiro atoms. The van der Waals surface area contributed by atoms with Crippen LogP contribution >= 0.6 is 0 Å². The average Bonchev–Trinajstić information content (AvgIpc) is 3.28. The number of rotatable bonds is 7. The summed E-state index contributed by atoms with van der Waals surface area (Å²) in [6, 6.07) is 20.5. The van der Waals surface area contributed by atoms with E-state index < -0.39 is 0 Å². The Morgan fingerprint density at radius 2 is 1.55 bits per heavy atom. The monoisotopic (exact) mass is 441 g/mol. The van der Waals surface area contributed by atoms with Crippen molar-refractivity contribution in [2.24, 2.45) is 0 Å². The standard InChI is InChI=1S/C25H27N7O/c33-22(13-7-12-20-8-3-1-4-9-20)30-14-16-31(17-15-30)24-23-25(27-19-26-24)32(29-28-23)18-21-10-5-2-6-11-21/h1-6,8-11,19H,7,12-18H2. The zero-order valence-electron chi connectivity index (χ0n) is 18.5. The molecule has 2 aromatic heterocycles. The van der Waals surface area contributed by atoms with Gasteiger partial charge in [-0.25, -0.2) is 14.6 Å². The lowest BCUT2D eigenvalue weighted by atomic mass is 10.1. The van der Waals surface area contributed by atoms with Crippen molar-refractivity contribution in [3.63, 3.8) is 0 Å². The van der Waals surface area contributed by atoms with Crippen molar-refractivity contribution in [2.75, 3.05) is 31.1 Å². The Bertz CT molecular complexity index is 1200. The second-order valence-electron chi connectivity index (χ2n) is 8.31. The van der Waals surface area contributed by atoms with Crippen LogP contribution in [0, 0.1) is 0 Å². The van der Waals surface area contributed by atoms with Gasteiger partial charge in [0.1, 0.15) is 6.33 Å². The third kappa shape index (κ3) is 4.84. The van der Waals surface area contributed by atoms with Gasteiger partial charge in [-0.1, -0.05) is 65.9 Å². The van der Waals surface area contributed by atoms with Gasteiger partial charge >= 0.3 is 0 Å². The smallest absolute Gasteiger partial charge is 0.222 e. The Hall–Kier alpha value is -3.81. The minimum atomic E-state index is 0.229. The molecule has 3 heterocycles. The van der Waals surface area contributed by atoms with E-state index in [-0.39, 0.29) is 5.91 Å². The third-order valence-electron chi connectivity index (χ3n) is 6.09. The predicted molar refractivity (Wildman–Crippen MR) is 127 cm³/mol. The SMILES string of the molecule is O=C(CCCc1ccccc1)N1CCN(c2ncnc3c2nnn3Cc2ccccc2)CC1. The zero-order chi connectivity index (χ0) is 22.5. The van der Waals surface area contributed by atoms with E-state index in [1.807, 2.05) is 46.0 Å². The van der Waals surface area contributed by atoms with Crippen LogP contribution in [0.15, 0.2) is 67.0 Å². The second-order valence-corrected chi connectivity index (χ2v) is 8.31. The summed E-state index contributed by atoms with van der Waals surface area (Å²) in [5, 5.41) is 8.70. The molecule has 4 aromatic rings. The number of hydrogen-bond donors (Lipinski definition) is 0. The lowest BCUT2D eigenvalue weighted by Gasteiger charge is -2.35. The zero-order valence-corrected chi connectivity index (χ0v) is 18.5. The second kappa shape index (κ2) is 9.77. The van der Waals surface area contributed by atoms with Gasteiger partial charge in [-0.05, 0) is 24.0 Å². The highest BCUT2D eigenvalue weighted by atomic mass is 16.2. The van der Waals surface area contributed by atoms with Crippen LogP contribution in [0.3, 0.4) is 0 Å². The van der Waals surface area contributed by atoms with Crippen molar-refractivity contribution in [2.45, 2.75) is 25.8 Å². The molecule has 0 saturated carbocycles. The predicted octanol–water partition coefficient (Wildman–Crippen LogP) is 2.94. The van der Waals surface area contributed by atoms with Crippen LogP contribution in [0.1, 0.15) is 24.0 Å². The molecule has 1 saturated heterocycles. The fraction of sp³-hybridized carbons (Fsp3) is 0.320.